The Morgan fingerprint density at radius 1 is 1.33 bits per heavy atom. The van der Waals surface area contributed by atoms with Gasteiger partial charge in [0.25, 0.3) is 5.91 Å². The molecule has 24 heavy (non-hydrogen) atoms. The number of amides is 1. The minimum Gasteiger partial charge on any atom is -0.347 e. The van der Waals surface area contributed by atoms with Crippen LogP contribution in [0.3, 0.4) is 0 Å². The summed E-state index contributed by atoms with van der Waals surface area (Å²) < 4.78 is 2.11. The highest BCUT2D eigenvalue weighted by Crippen LogP contribution is 2.28. The lowest BCUT2D eigenvalue weighted by atomic mass is 10.1. The number of carbonyl (C=O) groups is 1. The molecule has 0 saturated carbocycles. The zero-order valence-corrected chi connectivity index (χ0v) is 14.2. The van der Waals surface area contributed by atoms with E-state index in [-0.39, 0.29) is 11.9 Å². The number of rotatable bonds is 3. The smallest absolute Gasteiger partial charge is 0.263 e. The van der Waals surface area contributed by atoms with Crippen LogP contribution in [0.25, 0.3) is 10.6 Å². The van der Waals surface area contributed by atoms with Crippen molar-refractivity contribution in [3.05, 3.63) is 59.1 Å². The van der Waals surface area contributed by atoms with Crippen molar-refractivity contribution in [3.8, 4) is 10.6 Å². The molecule has 0 aliphatic carbocycles. The van der Waals surface area contributed by atoms with Crippen LogP contribution >= 0.6 is 11.3 Å². The maximum Gasteiger partial charge on any atom is 0.263 e. The lowest BCUT2D eigenvalue weighted by Crippen LogP contribution is -2.40. The van der Waals surface area contributed by atoms with Crippen LogP contribution in [0.4, 0.5) is 0 Å². The first-order chi connectivity index (χ1) is 11.7. The molecule has 3 heterocycles. The minimum absolute atomic E-state index is 0.0271. The van der Waals surface area contributed by atoms with Crippen molar-refractivity contribution in [2.75, 3.05) is 0 Å². The third kappa shape index (κ3) is 2.85. The molecule has 0 fully saturated rings. The normalized spacial score (nSPS) is 16.6. The summed E-state index contributed by atoms with van der Waals surface area (Å²) >= 11 is 1.45. The first-order valence-electron chi connectivity index (χ1n) is 8.04. The van der Waals surface area contributed by atoms with E-state index in [1.807, 2.05) is 49.6 Å². The van der Waals surface area contributed by atoms with Gasteiger partial charge in [0.1, 0.15) is 15.7 Å². The largest absolute Gasteiger partial charge is 0.347 e. The van der Waals surface area contributed by atoms with Crippen molar-refractivity contribution in [2.24, 2.45) is 0 Å². The van der Waals surface area contributed by atoms with Crippen molar-refractivity contribution in [1.82, 2.24) is 19.9 Å². The van der Waals surface area contributed by atoms with Crippen molar-refractivity contribution in [1.29, 1.82) is 0 Å². The van der Waals surface area contributed by atoms with Crippen LogP contribution in [-0.4, -0.2) is 26.5 Å². The van der Waals surface area contributed by atoms with Crippen molar-refractivity contribution in [2.45, 2.75) is 32.4 Å². The second kappa shape index (κ2) is 6.20. The van der Waals surface area contributed by atoms with Gasteiger partial charge in [-0.3, -0.25) is 4.79 Å². The van der Waals surface area contributed by atoms with E-state index in [0.29, 0.717) is 4.88 Å². The molecule has 1 N–H and O–H groups in total. The molecule has 1 atom stereocenters. The van der Waals surface area contributed by atoms with Gasteiger partial charge in [-0.25, -0.2) is 9.97 Å². The molecule has 0 saturated heterocycles. The average molecular weight is 338 g/mol. The van der Waals surface area contributed by atoms with Crippen LogP contribution in [0.5, 0.6) is 0 Å². The predicted octanol–water partition coefficient (Wildman–Crippen LogP) is 3.06. The fourth-order valence-electron chi connectivity index (χ4n) is 3.05. The highest BCUT2D eigenvalue weighted by atomic mass is 32.1. The molecule has 4 rings (SSSR count). The van der Waals surface area contributed by atoms with E-state index in [1.165, 1.54) is 11.3 Å². The van der Waals surface area contributed by atoms with Crippen LogP contribution in [0, 0.1) is 6.92 Å². The highest BCUT2D eigenvalue weighted by Gasteiger charge is 2.23. The SMILES string of the molecule is Cc1nc(-c2ccccc2)sc1C(=O)N[C@H]1CCc2nccn2C1. The quantitative estimate of drug-likeness (QED) is 0.798. The number of aryl methyl sites for hydroxylation is 2. The van der Waals surface area contributed by atoms with Gasteiger partial charge in [0, 0.05) is 37.0 Å². The van der Waals surface area contributed by atoms with Gasteiger partial charge in [0.2, 0.25) is 0 Å². The summed E-state index contributed by atoms with van der Waals surface area (Å²) in [4.78, 5) is 22.2. The lowest BCUT2D eigenvalue weighted by molar-refractivity contribution is 0.0931. The van der Waals surface area contributed by atoms with Crippen LogP contribution in [-0.2, 0) is 13.0 Å². The molecule has 0 bridgehead atoms. The number of hydrogen-bond acceptors (Lipinski definition) is 4. The summed E-state index contributed by atoms with van der Waals surface area (Å²) in [5, 5.41) is 4.04. The zero-order valence-electron chi connectivity index (χ0n) is 13.4. The molecule has 1 amide bonds. The van der Waals surface area contributed by atoms with Crippen LogP contribution in [0.2, 0.25) is 0 Å². The summed E-state index contributed by atoms with van der Waals surface area (Å²) in [5.74, 6) is 1.07. The summed E-state index contributed by atoms with van der Waals surface area (Å²) in [7, 11) is 0. The third-order valence-electron chi connectivity index (χ3n) is 4.29. The van der Waals surface area contributed by atoms with Crippen LogP contribution in [0.1, 0.15) is 27.6 Å². The summed E-state index contributed by atoms with van der Waals surface area (Å²) in [6.07, 6.45) is 5.61. The van der Waals surface area contributed by atoms with Crippen molar-refractivity contribution < 1.29 is 4.79 Å². The topological polar surface area (TPSA) is 59.8 Å². The number of nitrogens with one attached hydrogen (secondary N) is 1. The summed E-state index contributed by atoms with van der Waals surface area (Å²) in [6.45, 7) is 2.68. The maximum atomic E-state index is 12.7. The molecule has 6 heteroatoms. The molecule has 0 spiro atoms. The predicted molar refractivity (Wildman–Crippen MR) is 94.1 cm³/mol. The Morgan fingerprint density at radius 3 is 3.00 bits per heavy atom. The molecule has 5 nitrogen and oxygen atoms in total. The van der Waals surface area contributed by atoms with E-state index in [2.05, 4.69) is 19.9 Å². The number of carbonyl (C=O) groups excluding carboxylic acids is 1. The number of thiazole rings is 1. The van der Waals surface area contributed by atoms with Gasteiger partial charge in [-0.05, 0) is 13.3 Å². The lowest BCUT2D eigenvalue weighted by Gasteiger charge is -2.24. The van der Waals surface area contributed by atoms with Crippen molar-refractivity contribution >= 4 is 17.2 Å². The number of benzene rings is 1. The number of fused-ring (bicyclic) bond motifs is 1. The molecular formula is C18H18N4OS. The second-order valence-corrected chi connectivity index (χ2v) is 7.00. The molecule has 3 aromatic rings. The Balaban J connectivity index is 1.50. The van der Waals surface area contributed by atoms with Gasteiger partial charge in [0.15, 0.2) is 0 Å². The van der Waals surface area contributed by atoms with Gasteiger partial charge in [0.05, 0.1) is 5.69 Å². The van der Waals surface area contributed by atoms with E-state index >= 15 is 0 Å². The average Bonchev–Trinajstić information content (AvgIpc) is 3.21. The van der Waals surface area contributed by atoms with E-state index in [9.17, 15) is 4.79 Å². The Morgan fingerprint density at radius 2 is 2.17 bits per heavy atom. The van der Waals surface area contributed by atoms with Crippen LogP contribution < -0.4 is 5.32 Å². The Labute approximate surface area is 144 Å². The number of imidazole rings is 1. The molecule has 122 valence electrons. The van der Waals surface area contributed by atoms with E-state index < -0.39 is 0 Å². The fourth-order valence-corrected chi connectivity index (χ4v) is 4.02. The van der Waals surface area contributed by atoms with E-state index in [1.54, 1.807) is 0 Å². The van der Waals surface area contributed by atoms with Gasteiger partial charge >= 0.3 is 0 Å². The Bertz CT molecular complexity index is 868. The Kier molecular flexibility index (Phi) is 3.90. The summed E-state index contributed by atoms with van der Waals surface area (Å²) in [6, 6.07) is 10.1. The van der Waals surface area contributed by atoms with Gasteiger partial charge in [-0.2, -0.15) is 0 Å². The maximum absolute atomic E-state index is 12.7. The van der Waals surface area contributed by atoms with E-state index in [4.69, 9.17) is 0 Å². The molecule has 1 aromatic carbocycles. The van der Waals surface area contributed by atoms with Gasteiger partial charge in [-0.15, -0.1) is 11.3 Å². The first-order valence-corrected chi connectivity index (χ1v) is 8.86. The van der Waals surface area contributed by atoms with Gasteiger partial charge in [-0.1, -0.05) is 30.3 Å². The molecular weight excluding hydrogens is 320 g/mol. The zero-order chi connectivity index (χ0) is 16.5. The second-order valence-electron chi connectivity index (χ2n) is 6.00. The molecule has 0 unspecified atom stereocenters. The number of aromatic nitrogens is 3. The Hall–Kier alpha value is -2.47. The van der Waals surface area contributed by atoms with Gasteiger partial charge < -0.3 is 9.88 Å². The van der Waals surface area contributed by atoms with E-state index in [0.717, 1.165) is 41.5 Å². The number of hydrogen-bond donors (Lipinski definition) is 1. The fraction of sp³-hybridized carbons (Fsp3) is 0.278. The number of nitrogens with zero attached hydrogens (tertiary/aromatic N) is 3. The third-order valence-corrected chi connectivity index (χ3v) is 5.50. The first kappa shape index (κ1) is 15.1. The monoisotopic (exact) mass is 338 g/mol. The standard InChI is InChI=1S/C18H18N4OS/c1-12-16(24-18(20-12)13-5-3-2-4-6-13)17(23)21-14-7-8-15-19-9-10-22(15)11-14/h2-6,9-10,14H,7-8,11H2,1H3,(H,21,23)/t14-/m0/s1. The minimum atomic E-state index is -0.0271. The highest BCUT2D eigenvalue weighted by molar-refractivity contribution is 7.17. The van der Waals surface area contributed by atoms with Crippen LogP contribution in [0.15, 0.2) is 42.7 Å². The molecule has 1 aliphatic rings. The van der Waals surface area contributed by atoms with Crippen molar-refractivity contribution in [3.63, 3.8) is 0 Å². The molecule has 1 aliphatic heterocycles. The molecule has 0 radical (unpaired) electrons. The molecule has 2 aromatic heterocycles. The summed E-state index contributed by atoms with van der Waals surface area (Å²) in [5.41, 5.74) is 1.83.